The van der Waals surface area contributed by atoms with Gasteiger partial charge in [0.05, 0.1) is 12.8 Å². The van der Waals surface area contributed by atoms with E-state index < -0.39 is 0 Å². The number of amides is 2. The van der Waals surface area contributed by atoms with Gasteiger partial charge >= 0.3 is 6.09 Å². The molecule has 2 aromatic heterocycles. The fourth-order valence-electron chi connectivity index (χ4n) is 5.80. The second-order valence-electron chi connectivity index (χ2n) is 10.9. The van der Waals surface area contributed by atoms with Gasteiger partial charge in [0.15, 0.2) is 0 Å². The van der Waals surface area contributed by atoms with Crippen molar-refractivity contribution in [2.24, 2.45) is 11.7 Å². The first-order valence-electron chi connectivity index (χ1n) is 13.8. The zero-order chi connectivity index (χ0) is 27.4. The third-order valence-electron chi connectivity index (χ3n) is 8.43. The maximum absolute atomic E-state index is 13.0. The zero-order valence-corrected chi connectivity index (χ0v) is 22.7. The molecule has 1 aromatic carbocycles. The fourth-order valence-corrected chi connectivity index (χ4v) is 5.80. The normalized spacial score (nSPS) is 20.0. The average molecular weight is 528 g/mol. The fraction of sp³-hybridized carbons (Fsp3) is 0.419. The Hall–Kier alpha value is -3.78. The molecule has 0 saturated heterocycles. The topological polar surface area (TPSA) is 110 Å². The third kappa shape index (κ3) is 5.96. The van der Waals surface area contributed by atoms with Gasteiger partial charge in [-0.1, -0.05) is 30.3 Å². The van der Waals surface area contributed by atoms with Crippen LogP contribution in [0.1, 0.15) is 56.9 Å². The highest BCUT2D eigenvalue weighted by Gasteiger charge is 2.34. The van der Waals surface area contributed by atoms with E-state index in [1.807, 2.05) is 30.5 Å². The van der Waals surface area contributed by atoms with Crippen molar-refractivity contribution in [2.75, 3.05) is 19.5 Å². The minimum absolute atomic E-state index is 0.0508. The molecule has 5 rings (SSSR count). The van der Waals surface area contributed by atoms with E-state index in [2.05, 4.69) is 39.6 Å². The Morgan fingerprint density at radius 2 is 1.79 bits per heavy atom. The number of ether oxygens (including phenoxy) is 1. The first kappa shape index (κ1) is 26.8. The molecule has 0 unspecified atom stereocenters. The lowest BCUT2D eigenvalue weighted by Crippen LogP contribution is -2.43. The van der Waals surface area contributed by atoms with Crippen LogP contribution in [0.5, 0.6) is 0 Å². The Bertz CT molecular complexity index is 1300. The number of nitrogens with two attached hydrogens (primary N) is 1. The lowest BCUT2D eigenvalue weighted by molar-refractivity contribution is -0.117. The maximum Gasteiger partial charge on any atom is 0.409 e. The third-order valence-corrected chi connectivity index (χ3v) is 8.43. The van der Waals surface area contributed by atoms with Crippen molar-refractivity contribution < 1.29 is 14.3 Å². The average Bonchev–Trinajstić information content (AvgIpc) is 2.96. The van der Waals surface area contributed by atoms with Gasteiger partial charge in [0.2, 0.25) is 5.91 Å². The number of aromatic nitrogens is 2. The van der Waals surface area contributed by atoms with Crippen molar-refractivity contribution in [2.45, 2.75) is 62.9 Å². The van der Waals surface area contributed by atoms with E-state index in [1.165, 1.54) is 19.1 Å². The molecule has 39 heavy (non-hydrogen) atoms. The van der Waals surface area contributed by atoms with E-state index in [0.717, 1.165) is 60.9 Å². The molecule has 2 aliphatic rings. The summed E-state index contributed by atoms with van der Waals surface area (Å²) >= 11 is 0. The van der Waals surface area contributed by atoms with Crippen LogP contribution < -0.4 is 11.1 Å². The van der Waals surface area contributed by atoms with Crippen molar-refractivity contribution in [3.05, 3.63) is 66.5 Å². The number of pyridine rings is 2. The van der Waals surface area contributed by atoms with Gasteiger partial charge in [-0.25, -0.2) is 9.78 Å². The number of nitrogens with zero attached hydrogens (tertiary/aromatic N) is 3. The van der Waals surface area contributed by atoms with E-state index in [1.54, 1.807) is 18.1 Å². The number of carbonyl (C=O) groups is 2. The molecule has 0 spiro atoms. The summed E-state index contributed by atoms with van der Waals surface area (Å²) in [4.78, 5) is 35.6. The number of anilines is 1. The van der Waals surface area contributed by atoms with Gasteiger partial charge in [-0.2, -0.15) is 0 Å². The lowest BCUT2D eigenvalue weighted by atomic mass is 9.72. The summed E-state index contributed by atoms with van der Waals surface area (Å²) in [6.45, 7) is 0. The molecule has 0 bridgehead atoms. The number of nitrogens with one attached hydrogen (secondary N) is 1. The van der Waals surface area contributed by atoms with Gasteiger partial charge < -0.3 is 20.7 Å². The summed E-state index contributed by atoms with van der Waals surface area (Å²) in [6.07, 6.45) is 10.4. The zero-order valence-electron chi connectivity index (χ0n) is 22.7. The van der Waals surface area contributed by atoms with Gasteiger partial charge in [-0.15, -0.1) is 0 Å². The number of hydrogen-bond acceptors (Lipinski definition) is 6. The maximum atomic E-state index is 13.0. The van der Waals surface area contributed by atoms with Gasteiger partial charge in [-0.05, 0) is 80.2 Å². The van der Waals surface area contributed by atoms with E-state index in [0.29, 0.717) is 12.2 Å². The molecule has 2 heterocycles. The predicted molar refractivity (Wildman–Crippen MR) is 152 cm³/mol. The Kier molecular flexibility index (Phi) is 7.93. The van der Waals surface area contributed by atoms with Crippen LogP contribution in [-0.2, 0) is 15.1 Å². The number of rotatable bonds is 7. The molecular formula is C31H37N5O3. The smallest absolute Gasteiger partial charge is 0.409 e. The van der Waals surface area contributed by atoms with Crippen LogP contribution >= 0.6 is 0 Å². The van der Waals surface area contributed by atoms with Gasteiger partial charge in [0.1, 0.15) is 5.82 Å². The molecule has 204 valence electrons. The van der Waals surface area contributed by atoms with Crippen molar-refractivity contribution in [1.29, 1.82) is 0 Å². The van der Waals surface area contributed by atoms with Gasteiger partial charge in [-0.3, -0.25) is 9.78 Å². The molecule has 2 amide bonds. The highest BCUT2D eigenvalue weighted by molar-refractivity contribution is 5.92. The minimum Gasteiger partial charge on any atom is -0.453 e. The summed E-state index contributed by atoms with van der Waals surface area (Å²) in [6, 6.07) is 16.3. The first-order valence-corrected chi connectivity index (χ1v) is 13.8. The molecule has 0 aliphatic heterocycles. The Morgan fingerprint density at radius 3 is 2.41 bits per heavy atom. The van der Waals surface area contributed by atoms with Gasteiger partial charge in [0, 0.05) is 48.6 Å². The molecule has 8 heteroatoms. The summed E-state index contributed by atoms with van der Waals surface area (Å²) < 4.78 is 4.83. The largest absolute Gasteiger partial charge is 0.453 e. The molecule has 8 nitrogen and oxygen atoms in total. The highest BCUT2D eigenvalue weighted by Crippen LogP contribution is 2.40. The molecule has 3 aromatic rings. The molecular weight excluding hydrogens is 490 g/mol. The van der Waals surface area contributed by atoms with E-state index in [4.69, 9.17) is 10.5 Å². The quantitative estimate of drug-likeness (QED) is 0.406. The number of methoxy groups -OCH3 is 1. The van der Waals surface area contributed by atoms with E-state index in [9.17, 15) is 9.59 Å². The van der Waals surface area contributed by atoms with Crippen LogP contribution in [0, 0.1) is 5.92 Å². The second kappa shape index (κ2) is 11.5. The Balaban J connectivity index is 1.28. The summed E-state index contributed by atoms with van der Waals surface area (Å²) in [5.41, 5.74) is 11.2. The van der Waals surface area contributed by atoms with Crippen LogP contribution in [0.15, 0.2) is 60.9 Å². The number of carbonyl (C=O) groups excluding carboxylic acids is 2. The second-order valence-corrected chi connectivity index (χ2v) is 10.9. The first-order chi connectivity index (χ1) is 18.9. The summed E-state index contributed by atoms with van der Waals surface area (Å²) in [5.74, 6) is 0.738. The van der Waals surface area contributed by atoms with Crippen LogP contribution in [0.4, 0.5) is 10.6 Å². The van der Waals surface area contributed by atoms with Crippen molar-refractivity contribution in [3.8, 4) is 22.4 Å². The van der Waals surface area contributed by atoms with Crippen molar-refractivity contribution in [1.82, 2.24) is 14.9 Å². The number of benzene rings is 1. The predicted octanol–water partition coefficient (Wildman–Crippen LogP) is 5.73. The van der Waals surface area contributed by atoms with Gasteiger partial charge in [0.25, 0.3) is 0 Å². The Morgan fingerprint density at radius 1 is 1.05 bits per heavy atom. The molecule has 2 fully saturated rings. The standard InChI is InChI=1S/C31H37N5O3/c1-36(30(38)39-2)24-13-7-21(8-14-24)18-29(37)35-28-19-25(27-6-3-4-17-33-27)26(20-34-28)22-9-11-23(12-10-22)31(32)15-5-16-31/h3-4,6,9-12,17,19-21,24H,5,7-8,13-16,18,32H2,1-2H3,(H,34,35,37)/t21-,24-. The van der Waals surface area contributed by atoms with Crippen molar-refractivity contribution >= 4 is 17.8 Å². The molecule has 0 radical (unpaired) electrons. The Labute approximate surface area is 230 Å². The van der Waals surface area contributed by atoms with Crippen LogP contribution in [0.25, 0.3) is 22.4 Å². The van der Waals surface area contributed by atoms with Crippen LogP contribution in [0.3, 0.4) is 0 Å². The lowest BCUT2D eigenvalue weighted by Gasteiger charge is -2.38. The highest BCUT2D eigenvalue weighted by atomic mass is 16.5. The van der Waals surface area contributed by atoms with Crippen LogP contribution in [0.2, 0.25) is 0 Å². The van der Waals surface area contributed by atoms with E-state index in [-0.39, 0.29) is 29.5 Å². The molecule has 0 atom stereocenters. The van der Waals surface area contributed by atoms with Crippen molar-refractivity contribution in [3.63, 3.8) is 0 Å². The molecule has 2 aliphatic carbocycles. The minimum atomic E-state index is -0.313. The monoisotopic (exact) mass is 527 g/mol. The van der Waals surface area contributed by atoms with Crippen LogP contribution in [-0.4, -0.2) is 47.1 Å². The molecule has 2 saturated carbocycles. The molecule has 3 N–H and O–H groups in total. The number of hydrogen-bond donors (Lipinski definition) is 2. The SMILES string of the molecule is COC(=O)N(C)[C@H]1CC[C@H](CC(=O)Nc2cc(-c3ccccn3)c(-c3ccc(C4(N)CCC4)cc3)cn2)CC1. The summed E-state index contributed by atoms with van der Waals surface area (Å²) in [7, 11) is 3.17. The summed E-state index contributed by atoms with van der Waals surface area (Å²) in [5, 5.41) is 3.00. The van der Waals surface area contributed by atoms with E-state index >= 15 is 0 Å².